The number of rotatable bonds is 7. The summed E-state index contributed by atoms with van der Waals surface area (Å²) in [4.78, 5) is 35.5. The molecule has 0 radical (unpaired) electrons. The van der Waals surface area contributed by atoms with E-state index in [4.69, 9.17) is 4.52 Å². The molecule has 154 valence electrons. The van der Waals surface area contributed by atoms with Gasteiger partial charge in [-0.2, -0.15) is 0 Å². The van der Waals surface area contributed by atoms with Crippen molar-refractivity contribution in [2.75, 3.05) is 10.6 Å². The fourth-order valence-electron chi connectivity index (χ4n) is 2.47. The molecule has 0 fully saturated rings. The van der Waals surface area contributed by atoms with Crippen LogP contribution in [-0.4, -0.2) is 27.1 Å². The Morgan fingerprint density at radius 3 is 2.33 bits per heavy atom. The van der Waals surface area contributed by atoms with E-state index in [0.717, 1.165) is 4.90 Å². The number of carbonyl (C=O) groups is 2. The highest BCUT2D eigenvalue weighted by Crippen LogP contribution is 2.26. The van der Waals surface area contributed by atoms with Crippen LogP contribution < -0.4 is 10.6 Å². The molecule has 0 aliphatic rings. The number of carbonyl (C=O) groups excluding carboxylic acids is 2. The molecule has 1 unspecified atom stereocenters. The SMILES string of the molecule is Cc1cc(NC(=O)C(C)Sc2ccc(NC(=O)c3ccc([N+](=O)[O-])cc3)cc2)no1. The minimum absolute atomic E-state index is 0.0789. The lowest BCUT2D eigenvalue weighted by atomic mass is 10.2. The largest absolute Gasteiger partial charge is 0.360 e. The number of anilines is 2. The third kappa shape index (κ3) is 5.45. The molecule has 0 saturated heterocycles. The van der Waals surface area contributed by atoms with Gasteiger partial charge >= 0.3 is 0 Å². The van der Waals surface area contributed by atoms with Crippen molar-refractivity contribution in [3.8, 4) is 0 Å². The summed E-state index contributed by atoms with van der Waals surface area (Å²) in [7, 11) is 0. The maximum absolute atomic E-state index is 12.3. The molecule has 0 aliphatic carbocycles. The number of non-ortho nitro benzene ring substituents is 1. The molecule has 1 atom stereocenters. The Morgan fingerprint density at radius 1 is 1.10 bits per heavy atom. The molecule has 1 heterocycles. The monoisotopic (exact) mass is 426 g/mol. The van der Waals surface area contributed by atoms with Crippen LogP contribution in [0.1, 0.15) is 23.0 Å². The van der Waals surface area contributed by atoms with E-state index in [0.29, 0.717) is 22.8 Å². The third-order valence-corrected chi connectivity index (χ3v) is 5.13. The molecule has 2 N–H and O–H groups in total. The molecule has 0 bridgehead atoms. The lowest BCUT2D eigenvalue weighted by molar-refractivity contribution is -0.384. The zero-order chi connectivity index (χ0) is 21.7. The number of hydrogen-bond acceptors (Lipinski definition) is 7. The number of hydrogen-bond donors (Lipinski definition) is 2. The number of nitro groups is 1. The summed E-state index contributed by atoms with van der Waals surface area (Å²) in [5.74, 6) is 0.399. The zero-order valence-electron chi connectivity index (χ0n) is 16.1. The Morgan fingerprint density at radius 2 is 1.77 bits per heavy atom. The van der Waals surface area contributed by atoms with Crippen LogP contribution in [0.3, 0.4) is 0 Å². The van der Waals surface area contributed by atoms with E-state index in [1.165, 1.54) is 36.0 Å². The van der Waals surface area contributed by atoms with Gasteiger partial charge in [-0.15, -0.1) is 11.8 Å². The van der Waals surface area contributed by atoms with Crippen molar-refractivity contribution >= 4 is 40.8 Å². The first-order chi connectivity index (χ1) is 14.3. The number of aromatic nitrogens is 1. The molecule has 0 aliphatic heterocycles. The Bertz CT molecular complexity index is 1060. The summed E-state index contributed by atoms with van der Waals surface area (Å²) in [5.41, 5.74) is 0.801. The molecule has 0 saturated carbocycles. The summed E-state index contributed by atoms with van der Waals surface area (Å²) in [6.07, 6.45) is 0. The first-order valence-electron chi connectivity index (χ1n) is 8.88. The van der Waals surface area contributed by atoms with Crippen molar-refractivity contribution in [3.05, 3.63) is 76.0 Å². The number of nitrogens with one attached hydrogen (secondary N) is 2. The van der Waals surface area contributed by atoms with Gasteiger partial charge in [0.25, 0.3) is 11.6 Å². The maximum Gasteiger partial charge on any atom is 0.269 e. The molecular formula is C20H18N4O5S. The second-order valence-electron chi connectivity index (χ2n) is 6.35. The van der Waals surface area contributed by atoms with Crippen molar-refractivity contribution in [1.29, 1.82) is 0 Å². The molecule has 2 aromatic carbocycles. The molecule has 0 spiro atoms. The van der Waals surface area contributed by atoms with Gasteiger partial charge in [0.05, 0.1) is 10.2 Å². The van der Waals surface area contributed by atoms with E-state index in [9.17, 15) is 19.7 Å². The second-order valence-corrected chi connectivity index (χ2v) is 7.77. The molecule has 1 aromatic heterocycles. The van der Waals surface area contributed by atoms with Gasteiger partial charge in [0.1, 0.15) is 5.76 Å². The van der Waals surface area contributed by atoms with Crippen LogP contribution in [0, 0.1) is 17.0 Å². The Balaban J connectivity index is 1.55. The number of benzene rings is 2. The average Bonchev–Trinajstić information content (AvgIpc) is 3.14. The van der Waals surface area contributed by atoms with Crippen molar-refractivity contribution in [1.82, 2.24) is 5.16 Å². The molecule has 3 aromatic rings. The van der Waals surface area contributed by atoms with Crippen LogP contribution in [0.15, 0.2) is 64.0 Å². The van der Waals surface area contributed by atoms with Crippen molar-refractivity contribution in [2.45, 2.75) is 24.0 Å². The lowest BCUT2D eigenvalue weighted by Gasteiger charge is -2.11. The minimum atomic E-state index is -0.522. The van der Waals surface area contributed by atoms with Gasteiger partial charge in [0.2, 0.25) is 5.91 Å². The summed E-state index contributed by atoms with van der Waals surface area (Å²) in [6.45, 7) is 3.51. The number of nitro benzene ring substituents is 1. The fraction of sp³-hybridized carbons (Fsp3) is 0.150. The summed E-state index contributed by atoms with van der Waals surface area (Å²) >= 11 is 1.36. The molecule has 9 nitrogen and oxygen atoms in total. The van der Waals surface area contributed by atoms with E-state index < -0.39 is 4.92 Å². The molecular weight excluding hydrogens is 408 g/mol. The number of aryl methyl sites for hydroxylation is 1. The third-order valence-electron chi connectivity index (χ3n) is 4.01. The molecule has 10 heteroatoms. The van der Waals surface area contributed by atoms with Gasteiger partial charge in [-0.25, -0.2) is 0 Å². The summed E-state index contributed by atoms with van der Waals surface area (Å²) in [6, 6.07) is 14.0. The van der Waals surface area contributed by atoms with E-state index in [1.807, 2.05) is 0 Å². The van der Waals surface area contributed by atoms with Gasteiger partial charge < -0.3 is 15.2 Å². The van der Waals surface area contributed by atoms with Gasteiger partial charge in [-0.1, -0.05) is 5.16 Å². The first kappa shape index (κ1) is 21.1. The first-order valence-corrected chi connectivity index (χ1v) is 9.76. The van der Waals surface area contributed by atoms with Crippen molar-refractivity contribution in [3.63, 3.8) is 0 Å². The van der Waals surface area contributed by atoms with Crippen molar-refractivity contribution < 1.29 is 19.0 Å². The number of thioether (sulfide) groups is 1. The van der Waals surface area contributed by atoms with E-state index in [1.54, 1.807) is 44.2 Å². The highest BCUT2D eigenvalue weighted by molar-refractivity contribution is 8.00. The van der Waals surface area contributed by atoms with E-state index in [-0.39, 0.29) is 22.8 Å². The van der Waals surface area contributed by atoms with Gasteiger partial charge in [-0.3, -0.25) is 19.7 Å². The zero-order valence-corrected chi connectivity index (χ0v) is 16.9. The highest BCUT2D eigenvalue weighted by Gasteiger charge is 2.16. The lowest BCUT2D eigenvalue weighted by Crippen LogP contribution is -2.22. The van der Waals surface area contributed by atoms with E-state index >= 15 is 0 Å². The maximum atomic E-state index is 12.3. The Kier molecular flexibility index (Phi) is 6.48. The predicted molar refractivity (Wildman–Crippen MR) is 113 cm³/mol. The summed E-state index contributed by atoms with van der Waals surface area (Å²) in [5, 5.41) is 19.5. The fourth-order valence-corrected chi connectivity index (χ4v) is 3.33. The highest BCUT2D eigenvalue weighted by atomic mass is 32.2. The minimum Gasteiger partial charge on any atom is -0.360 e. The predicted octanol–water partition coefficient (Wildman–Crippen LogP) is 4.26. The summed E-state index contributed by atoms with van der Waals surface area (Å²) < 4.78 is 4.92. The van der Waals surface area contributed by atoms with Gasteiger partial charge in [0, 0.05) is 34.3 Å². The molecule has 2 amide bonds. The number of amides is 2. The Hall–Kier alpha value is -3.66. The number of nitrogens with zero attached hydrogens (tertiary/aromatic N) is 2. The normalized spacial score (nSPS) is 11.5. The van der Waals surface area contributed by atoms with Crippen LogP contribution in [0.5, 0.6) is 0 Å². The van der Waals surface area contributed by atoms with Crippen LogP contribution >= 0.6 is 11.8 Å². The van der Waals surface area contributed by atoms with Crippen LogP contribution in [-0.2, 0) is 4.79 Å². The van der Waals surface area contributed by atoms with Crippen LogP contribution in [0.25, 0.3) is 0 Å². The van der Waals surface area contributed by atoms with Crippen LogP contribution in [0.4, 0.5) is 17.2 Å². The topological polar surface area (TPSA) is 127 Å². The molecule has 30 heavy (non-hydrogen) atoms. The van der Waals surface area contributed by atoms with E-state index in [2.05, 4.69) is 15.8 Å². The average molecular weight is 426 g/mol. The van der Waals surface area contributed by atoms with Gasteiger partial charge in [-0.05, 0) is 50.2 Å². The molecule has 3 rings (SSSR count). The standard InChI is InChI=1S/C20H18N4O5S/c1-12-11-18(23-29-12)22-19(25)13(2)30-17-9-5-15(6-10-17)21-20(26)14-3-7-16(8-4-14)24(27)28/h3-11,13H,1-2H3,(H,21,26)(H,22,23,25). The van der Waals surface area contributed by atoms with Gasteiger partial charge in [0.15, 0.2) is 5.82 Å². The second kappa shape index (κ2) is 9.23. The van der Waals surface area contributed by atoms with Crippen molar-refractivity contribution in [2.24, 2.45) is 0 Å². The Labute approximate surface area is 176 Å². The quantitative estimate of drug-likeness (QED) is 0.328. The smallest absolute Gasteiger partial charge is 0.269 e. The van der Waals surface area contributed by atoms with Crippen LogP contribution in [0.2, 0.25) is 0 Å².